The highest BCUT2D eigenvalue weighted by Crippen LogP contribution is 2.29. The van der Waals surface area contributed by atoms with Gasteiger partial charge in [0.2, 0.25) is 0 Å². The Hall–Kier alpha value is -3.48. The molecule has 7 nitrogen and oxygen atoms in total. The molecule has 134 valence electrons. The normalized spacial score (nSPS) is 16.4. The highest BCUT2D eigenvalue weighted by Gasteiger charge is 2.25. The number of para-hydroxylation sites is 2. The van der Waals surface area contributed by atoms with E-state index in [2.05, 4.69) is 26.7 Å². The number of fused-ring (bicyclic) bond motifs is 4. The predicted molar refractivity (Wildman–Crippen MR) is 101 cm³/mol. The van der Waals surface area contributed by atoms with Gasteiger partial charge in [-0.1, -0.05) is 41.6 Å². The van der Waals surface area contributed by atoms with Crippen LogP contribution in [0.25, 0.3) is 16.6 Å². The van der Waals surface area contributed by atoms with Gasteiger partial charge in [-0.05, 0) is 42.5 Å². The van der Waals surface area contributed by atoms with E-state index in [1.165, 1.54) is 10.1 Å². The summed E-state index contributed by atoms with van der Waals surface area (Å²) in [5, 5.41) is 11.1. The average molecular weight is 359 g/mol. The van der Waals surface area contributed by atoms with Crippen molar-refractivity contribution in [3.8, 4) is 0 Å². The molecule has 0 spiro atoms. The second-order valence-electron chi connectivity index (χ2n) is 6.79. The van der Waals surface area contributed by atoms with Crippen LogP contribution < -0.4 is 10.9 Å². The van der Waals surface area contributed by atoms with Crippen molar-refractivity contribution in [3.63, 3.8) is 0 Å². The van der Waals surface area contributed by atoms with Gasteiger partial charge in [-0.25, -0.2) is 4.52 Å². The first-order valence-corrected chi connectivity index (χ1v) is 8.97. The second-order valence-corrected chi connectivity index (χ2v) is 6.79. The number of amides is 1. The number of hydrogen-bond donors (Lipinski definition) is 2. The molecule has 0 fully saturated rings. The molecule has 27 heavy (non-hydrogen) atoms. The maximum atomic E-state index is 12.9. The van der Waals surface area contributed by atoms with Crippen LogP contribution in [-0.4, -0.2) is 25.7 Å². The SMILES string of the molecule is O=C(N[C@@H]1CCCc2ccccc21)c1nnn2c1c(=O)[nH]c1ccccc12. The zero-order valence-corrected chi connectivity index (χ0v) is 14.5. The van der Waals surface area contributed by atoms with Crippen molar-refractivity contribution < 1.29 is 4.79 Å². The molecule has 5 rings (SSSR count). The maximum absolute atomic E-state index is 12.9. The van der Waals surface area contributed by atoms with Gasteiger partial charge >= 0.3 is 0 Å². The Balaban J connectivity index is 1.56. The molecule has 1 aliphatic carbocycles. The molecule has 2 aromatic carbocycles. The fourth-order valence-electron chi connectivity index (χ4n) is 3.88. The summed E-state index contributed by atoms with van der Waals surface area (Å²) in [4.78, 5) is 28.2. The first kappa shape index (κ1) is 15.7. The lowest BCUT2D eigenvalue weighted by Crippen LogP contribution is -2.32. The van der Waals surface area contributed by atoms with E-state index in [-0.39, 0.29) is 28.7 Å². The number of aryl methyl sites for hydroxylation is 1. The van der Waals surface area contributed by atoms with E-state index in [1.54, 1.807) is 6.07 Å². The third-order valence-electron chi connectivity index (χ3n) is 5.16. The number of benzene rings is 2. The zero-order chi connectivity index (χ0) is 18.4. The monoisotopic (exact) mass is 359 g/mol. The van der Waals surface area contributed by atoms with E-state index in [4.69, 9.17) is 0 Å². The molecule has 1 aliphatic rings. The smallest absolute Gasteiger partial charge is 0.277 e. The van der Waals surface area contributed by atoms with E-state index in [0.717, 1.165) is 24.8 Å². The van der Waals surface area contributed by atoms with Crippen LogP contribution in [0.15, 0.2) is 53.3 Å². The first-order valence-electron chi connectivity index (χ1n) is 8.97. The predicted octanol–water partition coefficient (Wildman–Crippen LogP) is 2.38. The molecule has 4 aromatic rings. The van der Waals surface area contributed by atoms with Crippen molar-refractivity contribution >= 4 is 22.5 Å². The van der Waals surface area contributed by atoms with Crippen molar-refractivity contribution in [2.45, 2.75) is 25.3 Å². The highest BCUT2D eigenvalue weighted by molar-refractivity contribution is 5.99. The average Bonchev–Trinajstić information content (AvgIpc) is 3.15. The molecule has 7 heteroatoms. The summed E-state index contributed by atoms with van der Waals surface area (Å²) in [6.07, 6.45) is 2.89. The topological polar surface area (TPSA) is 92.2 Å². The third kappa shape index (κ3) is 2.51. The van der Waals surface area contributed by atoms with Crippen LogP contribution in [0.3, 0.4) is 0 Å². The molecule has 0 saturated carbocycles. The molecular weight excluding hydrogens is 342 g/mol. The van der Waals surface area contributed by atoms with Gasteiger partial charge in [0.1, 0.15) is 0 Å². The molecule has 1 atom stereocenters. The maximum Gasteiger partial charge on any atom is 0.277 e. The minimum Gasteiger partial charge on any atom is -0.344 e. The van der Waals surface area contributed by atoms with E-state index in [9.17, 15) is 9.59 Å². The number of carbonyl (C=O) groups is 1. The van der Waals surface area contributed by atoms with Crippen molar-refractivity contribution in [1.29, 1.82) is 0 Å². The standard InChI is InChI=1S/C20H17N5O2/c26-19(21-14-10-5-7-12-6-1-2-8-13(12)14)17-18-20(27)22-15-9-3-4-11-16(15)25(18)24-23-17/h1-4,6,8-9,11,14H,5,7,10H2,(H,21,26)(H,22,27)/t14-/m1/s1. The van der Waals surface area contributed by atoms with Crippen LogP contribution >= 0.6 is 0 Å². The van der Waals surface area contributed by atoms with Crippen LogP contribution in [0.4, 0.5) is 0 Å². The van der Waals surface area contributed by atoms with Crippen LogP contribution in [0.2, 0.25) is 0 Å². The fourth-order valence-corrected chi connectivity index (χ4v) is 3.88. The van der Waals surface area contributed by atoms with Crippen LogP contribution in [0.5, 0.6) is 0 Å². The van der Waals surface area contributed by atoms with E-state index in [0.29, 0.717) is 11.0 Å². The molecule has 0 unspecified atom stereocenters. The first-order chi connectivity index (χ1) is 13.2. The molecule has 0 aliphatic heterocycles. The van der Waals surface area contributed by atoms with E-state index in [1.807, 2.05) is 36.4 Å². The summed E-state index contributed by atoms with van der Waals surface area (Å²) in [6.45, 7) is 0. The molecule has 2 heterocycles. The minimum atomic E-state index is -0.382. The number of nitrogens with zero attached hydrogens (tertiary/aromatic N) is 3. The zero-order valence-electron chi connectivity index (χ0n) is 14.5. The second kappa shape index (κ2) is 6.05. The van der Waals surface area contributed by atoms with Gasteiger partial charge in [-0.2, -0.15) is 0 Å². The summed E-state index contributed by atoms with van der Waals surface area (Å²) in [7, 11) is 0. The lowest BCUT2D eigenvalue weighted by Gasteiger charge is -2.26. The van der Waals surface area contributed by atoms with E-state index >= 15 is 0 Å². The number of rotatable bonds is 2. The molecule has 0 bridgehead atoms. The highest BCUT2D eigenvalue weighted by atomic mass is 16.2. The third-order valence-corrected chi connectivity index (χ3v) is 5.16. The lowest BCUT2D eigenvalue weighted by atomic mass is 9.87. The van der Waals surface area contributed by atoms with Crippen molar-refractivity contribution in [2.75, 3.05) is 0 Å². The minimum absolute atomic E-state index is 0.0463. The number of carbonyl (C=O) groups excluding carboxylic acids is 1. The quantitative estimate of drug-likeness (QED) is 0.575. The summed E-state index contributed by atoms with van der Waals surface area (Å²) in [6, 6.07) is 15.3. The summed E-state index contributed by atoms with van der Waals surface area (Å²) < 4.78 is 1.43. The Morgan fingerprint density at radius 3 is 2.89 bits per heavy atom. The largest absolute Gasteiger partial charge is 0.344 e. The number of aromatic nitrogens is 4. The fraction of sp³-hybridized carbons (Fsp3) is 0.200. The number of H-pyrrole nitrogens is 1. The van der Waals surface area contributed by atoms with Gasteiger partial charge < -0.3 is 10.3 Å². The molecule has 2 aromatic heterocycles. The Morgan fingerprint density at radius 2 is 1.96 bits per heavy atom. The van der Waals surface area contributed by atoms with Gasteiger partial charge in [-0.3, -0.25) is 9.59 Å². The summed E-state index contributed by atoms with van der Waals surface area (Å²) in [5.41, 5.74) is 3.56. The lowest BCUT2D eigenvalue weighted by molar-refractivity contribution is 0.0929. The van der Waals surface area contributed by atoms with Gasteiger partial charge in [0.15, 0.2) is 11.2 Å². The van der Waals surface area contributed by atoms with E-state index < -0.39 is 0 Å². The summed E-state index contributed by atoms with van der Waals surface area (Å²) in [5.74, 6) is -0.382. The summed E-state index contributed by atoms with van der Waals surface area (Å²) >= 11 is 0. The molecule has 1 amide bonds. The molecule has 0 saturated heterocycles. The van der Waals surface area contributed by atoms with Crippen molar-refractivity contribution in [1.82, 2.24) is 25.1 Å². The van der Waals surface area contributed by atoms with Crippen LogP contribution in [0.1, 0.15) is 40.5 Å². The molecule has 2 N–H and O–H groups in total. The Kier molecular flexibility index (Phi) is 3.53. The van der Waals surface area contributed by atoms with Gasteiger partial charge in [0, 0.05) is 0 Å². The Morgan fingerprint density at radius 1 is 1.15 bits per heavy atom. The molecular formula is C20H17N5O2. The number of nitrogens with one attached hydrogen (secondary N) is 2. The number of hydrogen-bond acceptors (Lipinski definition) is 4. The van der Waals surface area contributed by atoms with Gasteiger partial charge in [0.05, 0.1) is 17.1 Å². The van der Waals surface area contributed by atoms with Crippen LogP contribution in [-0.2, 0) is 6.42 Å². The van der Waals surface area contributed by atoms with Crippen LogP contribution in [0, 0.1) is 0 Å². The molecule has 0 radical (unpaired) electrons. The number of aromatic amines is 1. The Labute approximate surface area is 154 Å². The van der Waals surface area contributed by atoms with Crippen molar-refractivity contribution in [2.24, 2.45) is 0 Å². The Bertz CT molecular complexity index is 1240. The van der Waals surface area contributed by atoms with Gasteiger partial charge in [0.25, 0.3) is 11.5 Å². The van der Waals surface area contributed by atoms with Crippen molar-refractivity contribution in [3.05, 3.63) is 75.7 Å². The van der Waals surface area contributed by atoms with Gasteiger partial charge in [-0.15, -0.1) is 5.10 Å².